The number of hydrogen-bond donors (Lipinski definition) is 0. The quantitative estimate of drug-likeness (QED) is 0.108. The Morgan fingerprint density at radius 3 is 1.62 bits per heavy atom. The number of halogens is 4. The summed E-state index contributed by atoms with van der Waals surface area (Å²) < 4.78 is 98.0. The number of rotatable bonds is 13. The first-order valence-electron chi connectivity index (χ1n) is 13.9. The molecule has 3 aromatic carbocycles. The normalized spacial score (nSPS) is 15.7. The molecule has 42 heavy (non-hydrogen) atoms. The van der Waals surface area contributed by atoms with Crippen molar-refractivity contribution < 1.29 is 39.1 Å². The van der Waals surface area contributed by atoms with Gasteiger partial charge in [0, 0.05) is 21.1 Å². The third-order valence-electron chi connectivity index (χ3n) is 7.22. The van der Waals surface area contributed by atoms with E-state index in [1.807, 2.05) is 0 Å². The molecule has 0 atom stereocenters. The van der Waals surface area contributed by atoms with Gasteiger partial charge in [-0.2, -0.15) is 26.0 Å². The van der Waals surface area contributed by atoms with Gasteiger partial charge in [0.2, 0.25) is 0 Å². The lowest BCUT2D eigenvalue weighted by Crippen LogP contribution is -2.48. The average Bonchev–Trinajstić information content (AvgIpc) is 3.01. The van der Waals surface area contributed by atoms with E-state index in [0.29, 0.717) is 12.8 Å². The van der Waals surface area contributed by atoms with Gasteiger partial charge in [-0.25, -0.2) is 3.63 Å². The fraction of sp³-hybridized carbons (Fsp3) is 0.387. The van der Waals surface area contributed by atoms with E-state index >= 15 is 17.6 Å². The van der Waals surface area contributed by atoms with Crippen molar-refractivity contribution in [3.63, 3.8) is 0 Å². The highest BCUT2D eigenvalue weighted by Crippen LogP contribution is 2.71. The molecule has 1 fully saturated rings. The molecule has 0 aromatic heterocycles. The van der Waals surface area contributed by atoms with Crippen LogP contribution in [-0.4, -0.2) is 32.2 Å². The molecule has 5 nitrogen and oxygen atoms in total. The highest BCUT2D eigenvalue weighted by atomic mass is 32.3. The molecule has 4 rings (SSSR count). The Bertz CT molecular complexity index is 1300. The van der Waals surface area contributed by atoms with E-state index in [2.05, 4.69) is 0 Å². The van der Waals surface area contributed by atoms with Crippen LogP contribution in [0, 0.1) is 5.92 Å². The number of ether oxygens (including phenoxy) is 1. The van der Waals surface area contributed by atoms with Gasteiger partial charge in [0.15, 0.2) is 0 Å². The molecule has 0 saturated heterocycles. The van der Waals surface area contributed by atoms with Crippen LogP contribution in [-0.2, 0) is 23.3 Å². The molecule has 1 aliphatic rings. The topological polar surface area (TPSA) is 69.7 Å². The number of hydrogen-bond acceptors (Lipinski definition) is 5. The molecule has 228 valence electrons. The second-order valence-corrected chi connectivity index (χ2v) is 14.7. The van der Waals surface area contributed by atoms with E-state index in [0.717, 1.165) is 19.3 Å². The number of carbonyl (C=O) groups is 1. The lowest BCUT2D eigenvalue weighted by Gasteiger charge is -2.40. The Kier molecular flexibility index (Phi) is 10.4. The van der Waals surface area contributed by atoms with E-state index in [-0.39, 0.29) is 33.6 Å². The van der Waals surface area contributed by atoms with Gasteiger partial charge in [0.1, 0.15) is 0 Å². The maximum atomic E-state index is 15.4. The summed E-state index contributed by atoms with van der Waals surface area (Å²) in [6.07, 6.45) is 2.26. The largest absolute Gasteiger partial charge is 0.465 e. The second kappa shape index (κ2) is 13.6. The summed E-state index contributed by atoms with van der Waals surface area (Å²) in [5.41, 5.74) is 0. The summed E-state index contributed by atoms with van der Waals surface area (Å²) >= 11 is 0. The van der Waals surface area contributed by atoms with Gasteiger partial charge in [-0.1, -0.05) is 73.9 Å². The number of alkyl halides is 4. The monoisotopic (exact) mass is 626 g/mol. The molecular formula is C31H34F4O5S2. The first-order valence-corrected chi connectivity index (χ1v) is 16.8. The molecule has 11 heteroatoms. The zero-order valence-electron chi connectivity index (χ0n) is 23.0. The molecule has 0 aliphatic heterocycles. The van der Waals surface area contributed by atoms with Crippen LogP contribution in [0.5, 0.6) is 0 Å². The van der Waals surface area contributed by atoms with E-state index in [1.54, 1.807) is 54.6 Å². The van der Waals surface area contributed by atoms with Crippen LogP contribution in [0.25, 0.3) is 0 Å². The van der Waals surface area contributed by atoms with Crippen LogP contribution in [0.3, 0.4) is 0 Å². The average molecular weight is 627 g/mol. The van der Waals surface area contributed by atoms with Gasteiger partial charge < -0.3 is 4.74 Å². The van der Waals surface area contributed by atoms with E-state index in [9.17, 15) is 13.2 Å². The van der Waals surface area contributed by atoms with Crippen molar-refractivity contribution in [1.29, 1.82) is 0 Å². The zero-order chi connectivity index (χ0) is 30.3. The fourth-order valence-electron chi connectivity index (χ4n) is 4.95. The molecule has 0 amide bonds. The Hall–Kier alpha value is -2.89. The highest BCUT2D eigenvalue weighted by Gasteiger charge is 2.67. The lowest BCUT2D eigenvalue weighted by atomic mass is 9.89. The van der Waals surface area contributed by atoms with Crippen molar-refractivity contribution in [2.45, 2.75) is 77.2 Å². The molecule has 0 bridgehead atoms. The predicted octanol–water partition coefficient (Wildman–Crippen LogP) is 8.75. The van der Waals surface area contributed by atoms with E-state index in [1.165, 1.54) is 36.4 Å². The van der Waals surface area contributed by atoms with Gasteiger partial charge in [-0.3, -0.25) is 4.79 Å². The van der Waals surface area contributed by atoms with Crippen LogP contribution in [0.1, 0.15) is 51.4 Å². The Morgan fingerprint density at radius 1 is 0.714 bits per heavy atom. The molecule has 3 aromatic rings. The summed E-state index contributed by atoms with van der Waals surface area (Å²) in [5, 5.41) is -5.55. The van der Waals surface area contributed by atoms with Crippen LogP contribution in [0.4, 0.5) is 17.6 Å². The van der Waals surface area contributed by atoms with Gasteiger partial charge in [0.25, 0.3) is 0 Å². The molecule has 1 aliphatic carbocycles. The standard InChI is InChI=1S/C31H34F4O5S2/c32-30(33,23-13-14-24-39-29(36)25-15-5-1-6-16-25)31(34,35)42(37,38)40-41(26-17-7-2-8-18-26,27-19-9-3-10-20-27)28-21-11-4-12-22-28/h2-4,7-12,17-22,25H,1,5-6,13-16,23-24H2. The lowest BCUT2D eigenvalue weighted by molar-refractivity contribution is -0.164. The molecular weight excluding hydrogens is 592 g/mol. The SMILES string of the molecule is O=C(OCCCCC(F)(F)C(F)(F)S(=O)(=O)OS(c1ccccc1)(c1ccccc1)c1ccccc1)C1CCCCC1. The maximum Gasteiger partial charge on any atom is 0.432 e. The molecule has 0 N–H and O–H groups in total. The van der Waals surface area contributed by atoms with Crippen molar-refractivity contribution in [2.75, 3.05) is 6.61 Å². The molecule has 0 unspecified atom stereocenters. The zero-order valence-corrected chi connectivity index (χ0v) is 24.6. The van der Waals surface area contributed by atoms with Crippen molar-refractivity contribution in [1.82, 2.24) is 0 Å². The number of unbranched alkanes of at least 4 members (excludes halogenated alkanes) is 1. The molecule has 0 spiro atoms. The van der Waals surface area contributed by atoms with Crippen LogP contribution < -0.4 is 0 Å². The first-order chi connectivity index (χ1) is 20.0. The van der Waals surface area contributed by atoms with E-state index < -0.39 is 50.4 Å². The fourth-order valence-corrected chi connectivity index (χ4v) is 10.2. The predicted molar refractivity (Wildman–Crippen MR) is 153 cm³/mol. The van der Waals surface area contributed by atoms with Crippen LogP contribution >= 0.6 is 10.3 Å². The van der Waals surface area contributed by atoms with Crippen LogP contribution in [0.2, 0.25) is 0 Å². The van der Waals surface area contributed by atoms with Gasteiger partial charge in [-0.15, -0.1) is 0 Å². The summed E-state index contributed by atoms with van der Waals surface area (Å²) in [7, 11) is -9.66. The van der Waals surface area contributed by atoms with Crippen molar-refractivity contribution in [2.24, 2.45) is 5.92 Å². The smallest absolute Gasteiger partial charge is 0.432 e. The number of esters is 1. The third kappa shape index (κ3) is 6.84. The molecule has 0 radical (unpaired) electrons. The highest BCUT2D eigenvalue weighted by molar-refractivity contribution is 8.33. The Labute approximate surface area is 245 Å². The maximum absolute atomic E-state index is 15.4. The van der Waals surface area contributed by atoms with Crippen molar-refractivity contribution in [3.8, 4) is 0 Å². The minimum atomic E-state index is -6.22. The Morgan fingerprint density at radius 2 is 1.17 bits per heavy atom. The summed E-state index contributed by atoms with van der Waals surface area (Å²) in [4.78, 5) is 12.9. The number of carbonyl (C=O) groups excluding carboxylic acids is 1. The Balaban J connectivity index is 1.56. The summed E-state index contributed by atoms with van der Waals surface area (Å²) in [5.74, 6) is -5.59. The minimum Gasteiger partial charge on any atom is -0.465 e. The molecule has 0 heterocycles. The first kappa shape index (κ1) is 32.0. The summed E-state index contributed by atoms with van der Waals surface area (Å²) in [6.45, 7) is -0.205. The van der Waals surface area contributed by atoms with E-state index in [4.69, 9.17) is 8.37 Å². The minimum absolute atomic E-state index is 0.113. The number of benzene rings is 3. The van der Waals surface area contributed by atoms with Crippen LogP contribution in [0.15, 0.2) is 106 Å². The van der Waals surface area contributed by atoms with Gasteiger partial charge in [-0.05, 0) is 72.4 Å². The summed E-state index contributed by atoms with van der Waals surface area (Å²) in [6, 6.07) is 23.7. The van der Waals surface area contributed by atoms with Crippen molar-refractivity contribution in [3.05, 3.63) is 91.0 Å². The second-order valence-electron chi connectivity index (χ2n) is 10.2. The van der Waals surface area contributed by atoms with Gasteiger partial charge in [0.05, 0.1) is 12.5 Å². The van der Waals surface area contributed by atoms with Gasteiger partial charge >= 0.3 is 27.3 Å². The third-order valence-corrected chi connectivity index (χ3v) is 12.5. The molecule has 1 saturated carbocycles. The van der Waals surface area contributed by atoms with Crippen molar-refractivity contribution >= 4 is 26.4 Å².